The molecule has 1 heterocycles. The van der Waals surface area contributed by atoms with Crippen LogP contribution in [0, 0.1) is 5.92 Å². The Hall–Kier alpha value is -1.40. The molecule has 0 radical (unpaired) electrons. The van der Waals surface area contributed by atoms with E-state index < -0.39 is 12.1 Å². The summed E-state index contributed by atoms with van der Waals surface area (Å²) in [6.07, 6.45) is 4.38. The first-order chi connectivity index (χ1) is 10.9. The van der Waals surface area contributed by atoms with Gasteiger partial charge in [0.05, 0.1) is 31.0 Å². The summed E-state index contributed by atoms with van der Waals surface area (Å²) in [5.74, 6) is -1.02. The highest BCUT2D eigenvalue weighted by Gasteiger charge is 2.40. The second-order valence-corrected chi connectivity index (χ2v) is 6.42. The van der Waals surface area contributed by atoms with E-state index in [9.17, 15) is 14.7 Å². The van der Waals surface area contributed by atoms with E-state index in [2.05, 4.69) is 5.32 Å². The number of epoxide rings is 1. The Morgan fingerprint density at radius 3 is 2.57 bits per heavy atom. The topological polar surface area (TPSA) is 88.2 Å². The Morgan fingerprint density at radius 1 is 1.43 bits per heavy atom. The molecule has 0 aromatic heterocycles. The molecular weight excluding hydrogens is 298 g/mol. The largest absolute Gasteiger partial charge is 0.478 e. The van der Waals surface area contributed by atoms with Gasteiger partial charge in [-0.2, -0.15) is 0 Å². The molecule has 130 valence electrons. The average molecular weight is 325 g/mol. The van der Waals surface area contributed by atoms with Crippen LogP contribution < -0.4 is 5.32 Å². The van der Waals surface area contributed by atoms with Crippen LogP contribution in [-0.2, 0) is 19.1 Å². The minimum Gasteiger partial charge on any atom is -0.478 e. The van der Waals surface area contributed by atoms with Crippen LogP contribution in [-0.4, -0.2) is 47.9 Å². The molecule has 0 spiro atoms. The van der Waals surface area contributed by atoms with Gasteiger partial charge in [0.15, 0.2) is 0 Å². The Labute approximate surface area is 137 Å². The summed E-state index contributed by atoms with van der Waals surface area (Å²) < 4.78 is 11.4. The first-order valence-corrected chi connectivity index (χ1v) is 8.42. The van der Waals surface area contributed by atoms with Gasteiger partial charge in [0, 0.05) is 12.5 Å². The van der Waals surface area contributed by atoms with Crippen LogP contribution in [0.15, 0.2) is 11.6 Å². The number of rotatable bonds is 8. The number of amides is 1. The van der Waals surface area contributed by atoms with E-state index in [4.69, 9.17) is 9.47 Å². The van der Waals surface area contributed by atoms with Gasteiger partial charge in [-0.1, -0.05) is 13.8 Å². The van der Waals surface area contributed by atoms with E-state index in [1.807, 2.05) is 13.8 Å². The molecule has 0 bridgehead atoms. The maximum absolute atomic E-state index is 11.6. The lowest BCUT2D eigenvalue weighted by atomic mass is 9.79. The van der Waals surface area contributed by atoms with E-state index in [0.29, 0.717) is 18.6 Å². The standard InChI is InChI=1S/C17H27NO5/c1-4-13(5-2)23-15-8-12(17(20)21)6-11(7-14-9-22-14)16(15)18-10(3)19/h8,11,13-16H,4-7,9H2,1-3H3,(H,18,19)(H,20,21). The van der Waals surface area contributed by atoms with Gasteiger partial charge in [-0.3, -0.25) is 4.79 Å². The fourth-order valence-corrected chi connectivity index (χ4v) is 3.24. The second-order valence-electron chi connectivity index (χ2n) is 6.42. The molecule has 1 aliphatic carbocycles. The van der Waals surface area contributed by atoms with Crippen molar-refractivity contribution in [3.05, 3.63) is 11.6 Å². The quantitative estimate of drug-likeness (QED) is 0.665. The third-order valence-electron chi connectivity index (χ3n) is 4.58. The average Bonchev–Trinajstić information content (AvgIpc) is 3.30. The van der Waals surface area contributed by atoms with Crippen LogP contribution in [0.5, 0.6) is 0 Å². The molecule has 1 fully saturated rings. The SMILES string of the molecule is CCC(CC)OC1C=C(C(=O)O)CC(CC2CO2)C1NC(C)=O. The van der Waals surface area contributed by atoms with Gasteiger partial charge >= 0.3 is 5.97 Å². The van der Waals surface area contributed by atoms with Gasteiger partial charge in [-0.05, 0) is 37.7 Å². The highest BCUT2D eigenvalue weighted by Crippen LogP contribution is 2.34. The molecule has 2 aliphatic rings. The predicted octanol–water partition coefficient (Wildman–Crippen LogP) is 1.88. The number of hydrogen-bond acceptors (Lipinski definition) is 4. The third kappa shape index (κ3) is 5.04. The molecule has 23 heavy (non-hydrogen) atoms. The number of ether oxygens (including phenoxy) is 2. The Kier molecular flexibility index (Phi) is 6.18. The molecule has 4 atom stereocenters. The van der Waals surface area contributed by atoms with E-state index >= 15 is 0 Å². The van der Waals surface area contributed by atoms with Gasteiger partial charge < -0.3 is 19.9 Å². The molecule has 1 amide bonds. The van der Waals surface area contributed by atoms with Gasteiger partial charge in [-0.25, -0.2) is 4.79 Å². The van der Waals surface area contributed by atoms with E-state index in [0.717, 1.165) is 19.3 Å². The zero-order valence-corrected chi connectivity index (χ0v) is 14.1. The van der Waals surface area contributed by atoms with E-state index in [1.165, 1.54) is 6.92 Å². The maximum Gasteiger partial charge on any atom is 0.331 e. The Morgan fingerprint density at radius 2 is 2.09 bits per heavy atom. The second kappa shape index (κ2) is 7.93. The summed E-state index contributed by atoms with van der Waals surface area (Å²) in [6.45, 7) is 6.28. The van der Waals surface area contributed by atoms with Crippen LogP contribution in [0.4, 0.5) is 0 Å². The highest BCUT2D eigenvalue weighted by molar-refractivity contribution is 5.87. The van der Waals surface area contributed by atoms with Crippen LogP contribution in [0.2, 0.25) is 0 Å². The fourth-order valence-electron chi connectivity index (χ4n) is 3.24. The van der Waals surface area contributed by atoms with Crippen molar-refractivity contribution in [1.82, 2.24) is 5.32 Å². The zero-order chi connectivity index (χ0) is 17.0. The molecule has 4 unspecified atom stereocenters. The molecular formula is C17H27NO5. The molecule has 2 rings (SSSR count). The van der Waals surface area contributed by atoms with Crippen molar-refractivity contribution >= 4 is 11.9 Å². The van der Waals surface area contributed by atoms with Crippen molar-refractivity contribution in [3.63, 3.8) is 0 Å². The minimum atomic E-state index is -0.911. The van der Waals surface area contributed by atoms with Gasteiger partial charge in [0.1, 0.15) is 0 Å². The normalized spacial score (nSPS) is 30.0. The van der Waals surface area contributed by atoms with Crippen LogP contribution in [0.3, 0.4) is 0 Å². The summed E-state index contributed by atoms with van der Waals surface area (Å²) in [5.41, 5.74) is 0.369. The fraction of sp³-hybridized carbons (Fsp3) is 0.765. The van der Waals surface area contributed by atoms with Crippen molar-refractivity contribution in [2.45, 2.75) is 70.8 Å². The van der Waals surface area contributed by atoms with Gasteiger partial charge in [-0.15, -0.1) is 0 Å². The minimum absolute atomic E-state index is 0.0156. The van der Waals surface area contributed by atoms with Gasteiger partial charge in [0.25, 0.3) is 0 Å². The Balaban J connectivity index is 2.22. The molecule has 6 heteroatoms. The van der Waals surface area contributed by atoms with Crippen LogP contribution in [0.25, 0.3) is 0 Å². The molecule has 0 saturated carbocycles. The summed E-state index contributed by atoms with van der Waals surface area (Å²) >= 11 is 0. The molecule has 1 saturated heterocycles. The first-order valence-electron chi connectivity index (χ1n) is 8.42. The molecule has 2 N–H and O–H groups in total. The maximum atomic E-state index is 11.6. The number of carbonyl (C=O) groups excluding carboxylic acids is 1. The van der Waals surface area contributed by atoms with Crippen molar-refractivity contribution in [2.24, 2.45) is 5.92 Å². The van der Waals surface area contributed by atoms with Crippen molar-refractivity contribution in [2.75, 3.05) is 6.61 Å². The van der Waals surface area contributed by atoms with Crippen LogP contribution >= 0.6 is 0 Å². The van der Waals surface area contributed by atoms with Crippen LogP contribution in [0.1, 0.15) is 46.5 Å². The Bertz CT molecular complexity index is 468. The van der Waals surface area contributed by atoms with E-state index in [-0.39, 0.29) is 30.1 Å². The lowest BCUT2D eigenvalue weighted by molar-refractivity contribution is -0.133. The molecule has 6 nitrogen and oxygen atoms in total. The highest BCUT2D eigenvalue weighted by atomic mass is 16.6. The number of aliphatic carboxylic acids is 1. The molecule has 0 aromatic rings. The number of carbonyl (C=O) groups is 2. The van der Waals surface area contributed by atoms with Gasteiger partial charge in [0.2, 0.25) is 5.91 Å². The van der Waals surface area contributed by atoms with E-state index in [1.54, 1.807) is 6.08 Å². The number of carboxylic acids is 1. The van der Waals surface area contributed by atoms with Crippen molar-refractivity contribution in [1.29, 1.82) is 0 Å². The molecule has 1 aliphatic heterocycles. The lowest BCUT2D eigenvalue weighted by Crippen LogP contribution is -2.51. The number of carboxylic acid groups (broad SMARTS) is 1. The number of hydrogen-bond donors (Lipinski definition) is 2. The summed E-state index contributed by atoms with van der Waals surface area (Å²) in [6, 6.07) is -0.208. The first kappa shape index (κ1) is 17.9. The summed E-state index contributed by atoms with van der Waals surface area (Å²) in [7, 11) is 0. The van der Waals surface area contributed by atoms with Crippen molar-refractivity contribution in [3.8, 4) is 0 Å². The zero-order valence-electron chi connectivity index (χ0n) is 14.1. The van der Waals surface area contributed by atoms with Crippen molar-refractivity contribution < 1.29 is 24.2 Å². The summed E-state index contributed by atoms with van der Waals surface area (Å²) in [4.78, 5) is 23.1. The third-order valence-corrected chi connectivity index (χ3v) is 4.58. The predicted molar refractivity (Wildman–Crippen MR) is 85.0 cm³/mol. The number of nitrogens with one attached hydrogen (secondary N) is 1. The smallest absolute Gasteiger partial charge is 0.331 e. The molecule has 0 aromatic carbocycles. The monoisotopic (exact) mass is 325 g/mol. The lowest BCUT2D eigenvalue weighted by Gasteiger charge is -2.38. The summed E-state index contributed by atoms with van der Waals surface area (Å²) in [5, 5.41) is 12.4.